The molecule has 1 aromatic carbocycles. The van der Waals surface area contributed by atoms with Crippen LogP contribution in [0.3, 0.4) is 0 Å². The molecule has 0 bridgehead atoms. The maximum Gasteiger partial charge on any atom is 0.310 e. The number of nitro benzene ring substituents is 1. The van der Waals surface area contributed by atoms with E-state index in [1.165, 1.54) is 0 Å². The van der Waals surface area contributed by atoms with E-state index in [-0.39, 0.29) is 35.7 Å². The molecule has 0 aliphatic carbocycles. The van der Waals surface area contributed by atoms with Gasteiger partial charge in [-0.3, -0.25) is 14.9 Å². The molecule has 0 saturated heterocycles. The maximum atomic E-state index is 13.3. The van der Waals surface area contributed by atoms with E-state index in [1.807, 2.05) is 0 Å². The molecule has 0 aliphatic heterocycles. The van der Waals surface area contributed by atoms with Crippen LogP contribution in [0.1, 0.15) is 18.1 Å². The standard InChI is InChI=1S/C11H11ClFNO4/c1-2-18-10(15)5-7-3-9(13)4-8(6-12)11(7)14(16)17/h3-4H,2,5-6H2,1H3. The molecule has 0 spiro atoms. The number of rotatable bonds is 5. The number of benzene rings is 1. The third kappa shape index (κ3) is 3.40. The fourth-order valence-electron chi connectivity index (χ4n) is 1.56. The summed E-state index contributed by atoms with van der Waals surface area (Å²) in [6.45, 7) is 1.77. The summed E-state index contributed by atoms with van der Waals surface area (Å²) in [6, 6.07) is 1.94. The summed E-state index contributed by atoms with van der Waals surface area (Å²) in [5.41, 5.74) is -0.325. The van der Waals surface area contributed by atoms with Gasteiger partial charge in [0, 0.05) is 11.1 Å². The van der Waals surface area contributed by atoms with Gasteiger partial charge in [0.25, 0.3) is 5.69 Å². The first-order valence-corrected chi connectivity index (χ1v) is 5.70. The molecular weight excluding hydrogens is 265 g/mol. The van der Waals surface area contributed by atoms with Gasteiger partial charge in [0.1, 0.15) is 5.82 Å². The van der Waals surface area contributed by atoms with E-state index in [0.717, 1.165) is 12.1 Å². The number of nitrogens with zero attached hydrogens (tertiary/aromatic N) is 1. The minimum atomic E-state index is -0.675. The summed E-state index contributed by atoms with van der Waals surface area (Å²) < 4.78 is 17.9. The van der Waals surface area contributed by atoms with Gasteiger partial charge in [-0.1, -0.05) is 0 Å². The molecule has 0 unspecified atom stereocenters. The van der Waals surface area contributed by atoms with E-state index in [2.05, 4.69) is 4.74 Å². The van der Waals surface area contributed by atoms with Gasteiger partial charge < -0.3 is 4.74 Å². The van der Waals surface area contributed by atoms with Crippen molar-refractivity contribution in [2.75, 3.05) is 6.61 Å². The Hall–Kier alpha value is -1.69. The molecule has 0 fully saturated rings. The minimum absolute atomic E-state index is 0.0332. The molecule has 1 rings (SSSR count). The lowest BCUT2D eigenvalue weighted by Crippen LogP contribution is -2.10. The number of alkyl halides is 1. The van der Waals surface area contributed by atoms with Gasteiger partial charge in [-0.25, -0.2) is 4.39 Å². The first kappa shape index (κ1) is 14.4. The number of esters is 1. The zero-order chi connectivity index (χ0) is 13.7. The van der Waals surface area contributed by atoms with Crippen molar-refractivity contribution >= 4 is 23.3 Å². The van der Waals surface area contributed by atoms with Gasteiger partial charge in [-0.2, -0.15) is 0 Å². The normalized spacial score (nSPS) is 10.2. The maximum absolute atomic E-state index is 13.3. The summed E-state index contributed by atoms with van der Waals surface area (Å²) >= 11 is 5.53. The summed E-state index contributed by atoms with van der Waals surface area (Å²) in [4.78, 5) is 21.5. The lowest BCUT2D eigenvalue weighted by molar-refractivity contribution is -0.386. The van der Waals surface area contributed by atoms with Gasteiger partial charge in [-0.15, -0.1) is 11.6 Å². The summed E-state index contributed by atoms with van der Waals surface area (Å²) in [6.07, 6.45) is -0.355. The van der Waals surface area contributed by atoms with E-state index in [4.69, 9.17) is 11.6 Å². The second-order valence-electron chi connectivity index (χ2n) is 3.45. The Morgan fingerprint density at radius 3 is 2.61 bits per heavy atom. The molecule has 98 valence electrons. The van der Waals surface area contributed by atoms with Crippen LogP contribution < -0.4 is 0 Å². The smallest absolute Gasteiger partial charge is 0.310 e. The Balaban J connectivity index is 3.19. The third-order valence-corrected chi connectivity index (χ3v) is 2.49. The van der Waals surface area contributed by atoms with Crippen LogP contribution >= 0.6 is 11.6 Å². The Kier molecular flexibility index (Phi) is 5.03. The predicted molar refractivity (Wildman–Crippen MR) is 62.9 cm³/mol. The fraction of sp³-hybridized carbons (Fsp3) is 0.364. The van der Waals surface area contributed by atoms with Crippen molar-refractivity contribution in [2.24, 2.45) is 0 Å². The van der Waals surface area contributed by atoms with Gasteiger partial charge in [0.05, 0.1) is 23.8 Å². The number of carbonyl (C=O) groups is 1. The van der Waals surface area contributed by atoms with E-state index < -0.39 is 16.7 Å². The molecular formula is C11H11ClFNO4. The molecule has 0 atom stereocenters. The van der Waals surface area contributed by atoms with Crippen LogP contribution in [-0.4, -0.2) is 17.5 Å². The minimum Gasteiger partial charge on any atom is -0.466 e. The van der Waals surface area contributed by atoms with Crippen LogP contribution in [0.5, 0.6) is 0 Å². The van der Waals surface area contributed by atoms with Crippen LogP contribution in [0.2, 0.25) is 0 Å². The highest BCUT2D eigenvalue weighted by atomic mass is 35.5. The number of carbonyl (C=O) groups excluding carboxylic acids is 1. The van der Waals surface area contributed by atoms with Crippen LogP contribution in [0.25, 0.3) is 0 Å². The molecule has 0 aliphatic rings. The van der Waals surface area contributed by atoms with Crippen molar-refractivity contribution in [3.05, 3.63) is 39.2 Å². The van der Waals surface area contributed by atoms with E-state index in [1.54, 1.807) is 6.92 Å². The first-order chi connectivity index (χ1) is 8.49. The van der Waals surface area contributed by atoms with E-state index in [0.29, 0.717) is 0 Å². The second-order valence-corrected chi connectivity index (χ2v) is 3.71. The molecule has 7 heteroatoms. The van der Waals surface area contributed by atoms with E-state index in [9.17, 15) is 19.3 Å². The van der Waals surface area contributed by atoms with Crippen LogP contribution in [0.15, 0.2) is 12.1 Å². The van der Waals surface area contributed by atoms with Crippen molar-refractivity contribution in [1.82, 2.24) is 0 Å². The summed E-state index contributed by atoms with van der Waals surface area (Å²) in [7, 11) is 0. The zero-order valence-electron chi connectivity index (χ0n) is 9.61. The lowest BCUT2D eigenvalue weighted by atomic mass is 10.1. The summed E-state index contributed by atoms with van der Waals surface area (Å²) in [5.74, 6) is -1.52. The van der Waals surface area contributed by atoms with Gasteiger partial charge in [-0.05, 0) is 19.1 Å². The number of halogens is 2. The lowest BCUT2D eigenvalue weighted by Gasteiger charge is -2.06. The molecule has 5 nitrogen and oxygen atoms in total. The van der Waals surface area contributed by atoms with Crippen LogP contribution in [0.4, 0.5) is 10.1 Å². The van der Waals surface area contributed by atoms with Crippen molar-refractivity contribution in [2.45, 2.75) is 19.2 Å². The topological polar surface area (TPSA) is 69.4 Å². The number of hydrogen-bond donors (Lipinski definition) is 0. The fourth-order valence-corrected chi connectivity index (χ4v) is 1.76. The molecule has 0 heterocycles. The van der Waals surface area contributed by atoms with Crippen LogP contribution in [0, 0.1) is 15.9 Å². The average Bonchev–Trinajstić information content (AvgIpc) is 2.27. The van der Waals surface area contributed by atoms with Crippen molar-refractivity contribution in [3.8, 4) is 0 Å². The Morgan fingerprint density at radius 1 is 1.50 bits per heavy atom. The van der Waals surface area contributed by atoms with Crippen molar-refractivity contribution < 1.29 is 18.8 Å². The van der Waals surface area contributed by atoms with E-state index >= 15 is 0 Å². The third-order valence-electron chi connectivity index (χ3n) is 2.20. The number of hydrogen-bond acceptors (Lipinski definition) is 4. The zero-order valence-corrected chi connectivity index (χ0v) is 10.4. The van der Waals surface area contributed by atoms with Crippen molar-refractivity contribution in [1.29, 1.82) is 0 Å². The molecule has 0 amide bonds. The Bertz CT molecular complexity index is 478. The highest BCUT2D eigenvalue weighted by Crippen LogP contribution is 2.27. The molecule has 0 aromatic heterocycles. The van der Waals surface area contributed by atoms with Crippen LogP contribution in [-0.2, 0) is 21.8 Å². The number of nitro groups is 1. The Labute approximate surface area is 108 Å². The predicted octanol–water partition coefficient (Wildman–Crippen LogP) is 2.58. The quantitative estimate of drug-likeness (QED) is 0.358. The van der Waals surface area contributed by atoms with Gasteiger partial charge in [0.2, 0.25) is 0 Å². The van der Waals surface area contributed by atoms with Crippen molar-refractivity contribution in [3.63, 3.8) is 0 Å². The highest BCUT2D eigenvalue weighted by molar-refractivity contribution is 6.17. The molecule has 1 aromatic rings. The SMILES string of the molecule is CCOC(=O)Cc1cc(F)cc(CCl)c1[N+](=O)[O-]. The highest BCUT2D eigenvalue weighted by Gasteiger charge is 2.23. The monoisotopic (exact) mass is 275 g/mol. The van der Waals surface area contributed by atoms with Gasteiger partial charge in [0.15, 0.2) is 0 Å². The molecule has 18 heavy (non-hydrogen) atoms. The Morgan fingerprint density at radius 2 is 2.11 bits per heavy atom. The number of ether oxygens (including phenoxy) is 1. The largest absolute Gasteiger partial charge is 0.466 e. The average molecular weight is 276 g/mol. The summed E-state index contributed by atoms with van der Waals surface area (Å²) in [5, 5.41) is 10.9. The van der Waals surface area contributed by atoms with Gasteiger partial charge >= 0.3 is 5.97 Å². The molecule has 0 radical (unpaired) electrons. The second kappa shape index (κ2) is 6.30. The molecule has 0 N–H and O–H groups in total. The first-order valence-electron chi connectivity index (χ1n) is 5.16. The molecule has 0 saturated carbocycles.